The van der Waals surface area contributed by atoms with E-state index in [0.29, 0.717) is 13.2 Å². The molecule has 0 radical (unpaired) electrons. The Kier molecular flexibility index (Phi) is 4.53. The third kappa shape index (κ3) is 3.28. The molecular weight excluding hydrogens is 236 g/mol. The number of fused-ring (bicyclic) bond motifs is 1. The summed E-state index contributed by atoms with van der Waals surface area (Å²) in [6, 6.07) is 6.04. The molecule has 1 aromatic carbocycles. The minimum atomic E-state index is 0.0827. The molecule has 1 aliphatic heterocycles. The van der Waals surface area contributed by atoms with Crippen LogP contribution in [0.2, 0.25) is 0 Å². The van der Waals surface area contributed by atoms with E-state index < -0.39 is 0 Å². The summed E-state index contributed by atoms with van der Waals surface area (Å²) in [6.07, 6.45) is 0. The third-order valence-corrected chi connectivity index (χ3v) is 3.73. The molecule has 94 valence electrons. The van der Waals surface area contributed by atoms with Crippen LogP contribution >= 0.6 is 11.8 Å². The van der Waals surface area contributed by atoms with E-state index in [2.05, 4.69) is 11.0 Å². The number of thioether (sulfide) groups is 1. The van der Waals surface area contributed by atoms with Crippen LogP contribution in [0.3, 0.4) is 0 Å². The molecule has 17 heavy (non-hydrogen) atoms. The van der Waals surface area contributed by atoms with Gasteiger partial charge in [-0.1, -0.05) is 0 Å². The first kappa shape index (κ1) is 12.5. The van der Waals surface area contributed by atoms with Crippen LogP contribution in [0.15, 0.2) is 23.1 Å². The summed E-state index contributed by atoms with van der Waals surface area (Å²) in [5.74, 6) is 1.09. The molecule has 5 heteroatoms. The summed E-state index contributed by atoms with van der Waals surface area (Å²) < 4.78 is 5.30. The molecule has 1 heterocycles. The van der Waals surface area contributed by atoms with Crippen molar-refractivity contribution in [3.63, 3.8) is 0 Å². The van der Waals surface area contributed by atoms with Crippen molar-refractivity contribution < 1.29 is 9.84 Å². The lowest BCUT2D eigenvalue weighted by molar-refractivity contribution is 0.0967. The third-order valence-electron chi connectivity index (χ3n) is 2.68. The molecule has 1 aromatic rings. The van der Waals surface area contributed by atoms with E-state index in [0.717, 1.165) is 24.5 Å². The van der Waals surface area contributed by atoms with Gasteiger partial charge in [0.05, 0.1) is 25.5 Å². The minimum absolute atomic E-state index is 0.0827. The number of aliphatic hydroxyl groups excluding tert-OH is 1. The molecule has 0 fully saturated rings. The van der Waals surface area contributed by atoms with Gasteiger partial charge in [-0.25, -0.2) is 0 Å². The average molecular weight is 254 g/mol. The van der Waals surface area contributed by atoms with Gasteiger partial charge in [0.2, 0.25) is 0 Å². The normalized spacial score (nSPS) is 14.8. The number of nitrogen functional groups attached to an aromatic ring is 1. The van der Waals surface area contributed by atoms with Gasteiger partial charge in [-0.3, -0.25) is 0 Å². The predicted octanol–water partition coefficient (Wildman–Crippen LogP) is 1.19. The van der Waals surface area contributed by atoms with Crippen LogP contribution in [0.1, 0.15) is 0 Å². The fourth-order valence-corrected chi connectivity index (χ4v) is 2.90. The lowest BCUT2D eigenvalue weighted by Crippen LogP contribution is -2.32. The number of nitrogens with zero attached hydrogens (tertiary/aromatic N) is 1. The SMILES string of the molecule is Nc1ccc2c(c1)N(CCOCCO)CCS2. The summed E-state index contributed by atoms with van der Waals surface area (Å²) in [5, 5.41) is 8.64. The fraction of sp³-hybridized carbons (Fsp3) is 0.500. The van der Waals surface area contributed by atoms with Gasteiger partial charge in [0, 0.05) is 29.4 Å². The number of anilines is 2. The van der Waals surface area contributed by atoms with Gasteiger partial charge in [0.25, 0.3) is 0 Å². The molecule has 0 saturated heterocycles. The van der Waals surface area contributed by atoms with Crippen molar-refractivity contribution in [2.75, 3.05) is 49.3 Å². The van der Waals surface area contributed by atoms with E-state index in [-0.39, 0.29) is 6.61 Å². The number of ether oxygens (including phenoxy) is 1. The topological polar surface area (TPSA) is 58.7 Å². The van der Waals surface area contributed by atoms with Gasteiger partial charge in [0.1, 0.15) is 0 Å². The van der Waals surface area contributed by atoms with Crippen molar-refractivity contribution in [1.29, 1.82) is 0 Å². The zero-order valence-corrected chi connectivity index (χ0v) is 10.6. The highest BCUT2D eigenvalue weighted by Crippen LogP contribution is 2.35. The number of hydrogen-bond donors (Lipinski definition) is 2. The number of hydrogen-bond acceptors (Lipinski definition) is 5. The molecule has 4 nitrogen and oxygen atoms in total. The Morgan fingerprint density at radius 2 is 2.29 bits per heavy atom. The van der Waals surface area contributed by atoms with Crippen LogP contribution in [0.4, 0.5) is 11.4 Å². The number of nitrogens with two attached hydrogens (primary N) is 1. The Bertz CT molecular complexity index is 374. The maximum absolute atomic E-state index is 8.64. The zero-order chi connectivity index (χ0) is 12.1. The summed E-state index contributed by atoms with van der Waals surface area (Å²) in [4.78, 5) is 3.58. The van der Waals surface area contributed by atoms with Gasteiger partial charge in [0.15, 0.2) is 0 Å². The van der Waals surface area contributed by atoms with Gasteiger partial charge in [-0.05, 0) is 18.2 Å². The van der Waals surface area contributed by atoms with Gasteiger partial charge < -0.3 is 20.5 Å². The van der Waals surface area contributed by atoms with E-state index in [4.69, 9.17) is 15.6 Å². The summed E-state index contributed by atoms with van der Waals surface area (Å²) in [7, 11) is 0. The second-order valence-corrected chi connectivity index (χ2v) is 5.04. The first-order valence-electron chi connectivity index (χ1n) is 5.77. The maximum atomic E-state index is 8.64. The van der Waals surface area contributed by atoms with Crippen molar-refractivity contribution in [1.82, 2.24) is 0 Å². The molecule has 0 bridgehead atoms. The Labute approximate surface area is 106 Å². The van der Waals surface area contributed by atoms with Crippen LogP contribution in [-0.2, 0) is 4.74 Å². The smallest absolute Gasteiger partial charge is 0.0698 e. The number of aliphatic hydroxyl groups is 1. The number of benzene rings is 1. The van der Waals surface area contributed by atoms with Crippen LogP contribution < -0.4 is 10.6 Å². The lowest BCUT2D eigenvalue weighted by atomic mass is 10.2. The summed E-state index contributed by atoms with van der Waals surface area (Å²) >= 11 is 1.87. The highest BCUT2D eigenvalue weighted by atomic mass is 32.2. The summed E-state index contributed by atoms with van der Waals surface area (Å²) in [5.41, 5.74) is 7.82. The van der Waals surface area contributed by atoms with Crippen molar-refractivity contribution in [3.05, 3.63) is 18.2 Å². The predicted molar refractivity (Wildman–Crippen MR) is 71.7 cm³/mol. The van der Waals surface area contributed by atoms with Crippen LogP contribution in [0, 0.1) is 0 Å². The Morgan fingerprint density at radius 1 is 1.41 bits per heavy atom. The number of rotatable bonds is 5. The van der Waals surface area contributed by atoms with E-state index in [1.807, 2.05) is 23.9 Å². The second-order valence-electron chi connectivity index (χ2n) is 3.90. The molecule has 3 N–H and O–H groups in total. The Hall–Kier alpha value is -0.910. The maximum Gasteiger partial charge on any atom is 0.0698 e. The zero-order valence-electron chi connectivity index (χ0n) is 9.76. The molecule has 0 amide bonds. The Balaban J connectivity index is 1.98. The van der Waals surface area contributed by atoms with Crippen LogP contribution in [-0.4, -0.2) is 43.8 Å². The molecule has 0 aliphatic carbocycles. The first-order valence-corrected chi connectivity index (χ1v) is 6.75. The molecular formula is C12H18N2O2S. The molecule has 0 atom stereocenters. The molecule has 0 spiro atoms. The highest BCUT2D eigenvalue weighted by molar-refractivity contribution is 7.99. The molecule has 2 rings (SSSR count). The largest absolute Gasteiger partial charge is 0.399 e. The van der Waals surface area contributed by atoms with E-state index in [1.165, 1.54) is 10.6 Å². The first-order chi connectivity index (χ1) is 8.31. The monoisotopic (exact) mass is 254 g/mol. The van der Waals surface area contributed by atoms with Crippen molar-refractivity contribution >= 4 is 23.1 Å². The van der Waals surface area contributed by atoms with E-state index in [1.54, 1.807) is 0 Å². The lowest BCUT2D eigenvalue weighted by Gasteiger charge is -2.30. The van der Waals surface area contributed by atoms with Crippen molar-refractivity contribution in [2.24, 2.45) is 0 Å². The van der Waals surface area contributed by atoms with E-state index >= 15 is 0 Å². The van der Waals surface area contributed by atoms with Crippen molar-refractivity contribution in [3.8, 4) is 0 Å². The highest BCUT2D eigenvalue weighted by Gasteiger charge is 2.16. The van der Waals surface area contributed by atoms with E-state index in [9.17, 15) is 0 Å². The van der Waals surface area contributed by atoms with Gasteiger partial charge >= 0.3 is 0 Å². The molecule has 0 aromatic heterocycles. The summed E-state index contributed by atoms with van der Waals surface area (Å²) in [6.45, 7) is 2.99. The van der Waals surface area contributed by atoms with Gasteiger partial charge in [-0.15, -0.1) is 11.8 Å². The van der Waals surface area contributed by atoms with Gasteiger partial charge in [-0.2, -0.15) is 0 Å². The minimum Gasteiger partial charge on any atom is -0.399 e. The van der Waals surface area contributed by atoms with Crippen LogP contribution in [0.5, 0.6) is 0 Å². The van der Waals surface area contributed by atoms with Crippen LogP contribution in [0.25, 0.3) is 0 Å². The molecule has 0 saturated carbocycles. The standard InChI is InChI=1S/C12H18N2O2S/c13-10-1-2-12-11(9-10)14(4-8-17-12)3-6-16-7-5-15/h1-2,9,15H,3-8,13H2. The molecule has 0 unspecified atom stereocenters. The average Bonchev–Trinajstić information content (AvgIpc) is 2.35. The molecule has 1 aliphatic rings. The second kappa shape index (κ2) is 6.14. The fourth-order valence-electron chi connectivity index (χ4n) is 1.86. The van der Waals surface area contributed by atoms with Crippen molar-refractivity contribution in [2.45, 2.75) is 4.90 Å². The quantitative estimate of drug-likeness (QED) is 0.610. The Morgan fingerprint density at radius 3 is 3.12 bits per heavy atom.